The van der Waals surface area contributed by atoms with Gasteiger partial charge in [-0.15, -0.1) is 4.40 Å². The molecule has 0 heterocycles. The minimum atomic E-state index is -3.75. The fourth-order valence-corrected chi connectivity index (χ4v) is 2.14. The van der Waals surface area contributed by atoms with Crippen molar-refractivity contribution in [1.82, 2.24) is 0 Å². The van der Waals surface area contributed by atoms with E-state index in [-0.39, 0.29) is 4.90 Å². The fourth-order valence-electron chi connectivity index (χ4n) is 1.03. The molecule has 0 radical (unpaired) electrons. The molecule has 0 saturated heterocycles. The summed E-state index contributed by atoms with van der Waals surface area (Å²) in [5.41, 5.74) is 10.6. The Bertz CT molecular complexity index is 461. The highest BCUT2D eigenvalue weighted by Gasteiger charge is 2.14. The zero-order valence-corrected chi connectivity index (χ0v) is 8.45. The first-order valence-corrected chi connectivity index (χ1v) is 5.29. The smallest absolute Gasteiger partial charge is 0.285 e. The fraction of sp³-hybridized carbons (Fsp3) is 0.125. The normalized spacial score (nSPS) is 10.9. The van der Waals surface area contributed by atoms with Crippen molar-refractivity contribution >= 4 is 16.0 Å². The van der Waals surface area contributed by atoms with Crippen LogP contribution in [0.4, 0.5) is 0 Å². The van der Waals surface area contributed by atoms with Gasteiger partial charge in [-0.25, -0.2) is 0 Å². The van der Waals surface area contributed by atoms with E-state index < -0.39 is 16.0 Å². The standard InChI is InChI=1S/C8H11N3O2S/c1-6-4-2-3-5-7(6)14(12,13)11-8(9)10/h2-5H,1H3,(H4,9,10,11). The van der Waals surface area contributed by atoms with Crippen LogP contribution in [0, 0.1) is 6.92 Å². The molecule has 4 N–H and O–H groups in total. The van der Waals surface area contributed by atoms with Crippen molar-refractivity contribution < 1.29 is 8.42 Å². The molecule has 0 unspecified atom stereocenters. The van der Waals surface area contributed by atoms with Crippen molar-refractivity contribution in [3.8, 4) is 0 Å². The first-order chi connectivity index (χ1) is 6.43. The molecule has 0 bridgehead atoms. The lowest BCUT2D eigenvalue weighted by molar-refractivity contribution is 0.597. The van der Waals surface area contributed by atoms with E-state index in [0.29, 0.717) is 5.56 Å². The highest BCUT2D eigenvalue weighted by atomic mass is 32.2. The zero-order chi connectivity index (χ0) is 10.8. The van der Waals surface area contributed by atoms with Crippen LogP contribution in [-0.2, 0) is 10.0 Å². The molecule has 14 heavy (non-hydrogen) atoms. The first-order valence-electron chi connectivity index (χ1n) is 3.85. The van der Waals surface area contributed by atoms with Crippen LogP contribution in [0.25, 0.3) is 0 Å². The molecule has 0 aromatic heterocycles. The van der Waals surface area contributed by atoms with E-state index in [9.17, 15) is 8.42 Å². The van der Waals surface area contributed by atoms with Crippen LogP contribution in [0.5, 0.6) is 0 Å². The van der Waals surface area contributed by atoms with Gasteiger partial charge in [-0.3, -0.25) is 0 Å². The SMILES string of the molecule is Cc1ccccc1S(=O)(=O)N=C(N)N. The van der Waals surface area contributed by atoms with E-state index in [1.807, 2.05) is 0 Å². The third kappa shape index (κ3) is 2.23. The quantitative estimate of drug-likeness (QED) is 0.531. The lowest BCUT2D eigenvalue weighted by atomic mass is 10.2. The van der Waals surface area contributed by atoms with Gasteiger partial charge in [-0.05, 0) is 18.6 Å². The number of hydrogen-bond acceptors (Lipinski definition) is 2. The van der Waals surface area contributed by atoms with E-state index in [4.69, 9.17) is 11.5 Å². The average molecular weight is 213 g/mol. The highest BCUT2D eigenvalue weighted by Crippen LogP contribution is 2.16. The molecule has 0 aliphatic rings. The van der Waals surface area contributed by atoms with Gasteiger partial charge in [0.05, 0.1) is 4.90 Å². The van der Waals surface area contributed by atoms with E-state index in [2.05, 4.69) is 4.40 Å². The molecule has 6 heteroatoms. The predicted octanol–water partition coefficient (Wildman–Crippen LogP) is -0.0429. The molecule has 5 nitrogen and oxygen atoms in total. The van der Waals surface area contributed by atoms with Gasteiger partial charge in [0.2, 0.25) is 5.96 Å². The summed E-state index contributed by atoms with van der Waals surface area (Å²) >= 11 is 0. The maximum absolute atomic E-state index is 11.5. The second kappa shape index (κ2) is 3.67. The Morgan fingerprint density at radius 3 is 2.36 bits per heavy atom. The summed E-state index contributed by atoms with van der Waals surface area (Å²) < 4.78 is 26.2. The van der Waals surface area contributed by atoms with E-state index in [1.165, 1.54) is 6.07 Å². The van der Waals surface area contributed by atoms with Gasteiger partial charge >= 0.3 is 0 Å². The van der Waals surface area contributed by atoms with Crippen molar-refractivity contribution in [3.63, 3.8) is 0 Å². The molecule has 0 atom stereocenters. The number of benzene rings is 1. The maximum Gasteiger partial charge on any atom is 0.285 e. The second-order valence-corrected chi connectivity index (χ2v) is 4.33. The van der Waals surface area contributed by atoms with Crippen LogP contribution >= 0.6 is 0 Å². The van der Waals surface area contributed by atoms with Crippen molar-refractivity contribution in [3.05, 3.63) is 29.8 Å². The minimum Gasteiger partial charge on any atom is -0.369 e. The molecule has 0 aliphatic heterocycles. The topological polar surface area (TPSA) is 98.5 Å². The summed E-state index contributed by atoms with van der Waals surface area (Å²) in [6.45, 7) is 1.68. The molecule has 0 saturated carbocycles. The van der Waals surface area contributed by atoms with Crippen LogP contribution in [0.2, 0.25) is 0 Å². The second-order valence-electron chi connectivity index (χ2n) is 2.76. The summed E-state index contributed by atoms with van der Waals surface area (Å²) in [5, 5.41) is 0. The van der Waals surface area contributed by atoms with Gasteiger partial charge in [-0.1, -0.05) is 18.2 Å². The third-order valence-corrected chi connectivity index (χ3v) is 3.06. The summed E-state index contributed by atoms with van der Waals surface area (Å²) in [4.78, 5) is 0.119. The number of nitrogens with two attached hydrogens (primary N) is 2. The number of rotatable bonds is 2. The van der Waals surface area contributed by atoms with E-state index >= 15 is 0 Å². The highest BCUT2D eigenvalue weighted by molar-refractivity contribution is 7.90. The summed E-state index contributed by atoms with van der Waals surface area (Å²) in [6, 6.07) is 6.48. The van der Waals surface area contributed by atoms with Crippen LogP contribution < -0.4 is 11.5 Å². The molecular weight excluding hydrogens is 202 g/mol. The Morgan fingerprint density at radius 2 is 1.86 bits per heavy atom. The molecule has 76 valence electrons. The van der Waals surface area contributed by atoms with Crippen LogP contribution in [0.15, 0.2) is 33.6 Å². The lowest BCUT2D eigenvalue weighted by Crippen LogP contribution is -2.24. The van der Waals surface area contributed by atoms with Crippen LogP contribution in [0.3, 0.4) is 0 Å². The zero-order valence-electron chi connectivity index (χ0n) is 7.64. The summed E-state index contributed by atoms with van der Waals surface area (Å²) in [6.07, 6.45) is 0. The van der Waals surface area contributed by atoms with Gasteiger partial charge in [0.25, 0.3) is 10.0 Å². The lowest BCUT2D eigenvalue weighted by Gasteiger charge is -2.02. The molecule has 0 spiro atoms. The number of hydrogen-bond donors (Lipinski definition) is 2. The molecule has 0 aliphatic carbocycles. The van der Waals surface area contributed by atoms with Gasteiger partial charge in [0.15, 0.2) is 0 Å². The number of aryl methyl sites for hydroxylation is 1. The number of sulfonamides is 1. The van der Waals surface area contributed by atoms with E-state index in [0.717, 1.165) is 0 Å². The van der Waals surface area contributed by atoms with Gasteiger partial charge in [0, 0.05) is 0 Å². The molecule has 1 aromatic carbocycles. The van der Waals surface area contributed by atoms with Crippen molar-refractivity contribution in [2.24, 2.45) is 15.9 Å². The van der Waals surface area contributed by atoms with Gasteiger partial charge < -0.3 is 11.5 Å². The van der Waals surface area contributed by atoms with Crippen molar-refractivity contribution in [2.75, 3.05) is 0 Å². The monoisotopic (exact) mass is 213 g/mol. The molecular formula is C8H11N3O2S. The predicted molar refractivity (Wildman–Crippen MR) is 54.2 cm³/mol. The van der Waals surface area contributed by atoms with Gasteiger partial charge in [-0.2, -0.15) is 8.42 Å². The Balaban J connectivity index is 3.32. The third-order valence-electron chi connectivity index (χ3n) is 1.60. The number of guanidine groups is 1. The largest absolute Gasteiger partial charge is 0.369 e. The minimum absolute atomic E-state index is 0.119. The molecule has 1 rings (SSSR count). The maximum atomic E-state index is 11.5. The van der Waals surface area contributed by atoms with Crippen molar-refractivity contribution in [1.29, 1.82) is 0 Å². The first kappa shape index (κ1) is 10.5. The van der Waals surface area contributed by atoms with Crippen LogP contribution in [-0.4, -0.2) is 14.4 Å². The Hall–Kier alpha value is -1.56. The molecule has 0 fully saturated rings. The molecule has 0 amide bonds. The average Bonchev–Trinajstić information content (AvgIpc) is 2.02. The molecule has 1 aromatic rings. The van der Waals surface area contributed by atoms with Gasteiger partial charge in [0.1, 0.15) is 0 Å². The van der Waals surface area contributed by atoms with Crippen LogP contribution in [0.1, 0.15) is 5.56 Å². The van der Waals surface area contributed by atoms with E-state index in [1.54, 1.807) is 25.1 Å². The summed E-state index contributed by atoms with van der Waals surface area (Å²) in [7, 11) is -3.75. The summed E-state index contributed by atoms with van der Waals surface area (Å²) in [5.74, 6) is -0.465. The number of nitrogens with zero attached hydrogens (tertiary/aromatic N) is 1. The van der Waals surface area contributed by atoms with Crippen molar-refractivity contribution in [2.45, 2.75) is 11.8 Å². The Morgan fingerprint density at radius 1 is 1.29 bits per heavy atom. The Labute approximate surface area is 82.5 Å². The Kier molecular flexibility index (Phi) is 2.76.